The van der Waals surface area contributed by atoms with Crippen LogP contribution in [-0.4, -0.2) is 18.9 Å². The first-order valence-corrected chi connectivity index (χ1v) is 6.35. The van der Waals surface area contributed by atoms with Gasteiger partial charge in [-0.15, -0.1) is 0 Å². The fraction of sp³-hybridized carbons (Fsp3) is 0.571. The van der Waals surface area contributed by atoms with E-state index in [9.17, 15) is 17.6 Å². The average molecular weight is 277 g/mol. The summed E-state index contributed by atoms with van der Waals surface area (Å²) in [7, 11) is 0. The lowest BCUT2D eigenvalue weighted by Gasteiger charge is -2.20. The summed E-state index contributed by atoms with van der Waals surface area (Å²) in [6, 6.07) is 7.15. The van der Waals surface area contributed by atoms with E-state index in [1.54, 1.807) is 6.92 Å². The molecule has 0 aromatic heterocycles. The second-order valence-corrected chi connectivity index (χ2v) is 4.66. The van der Waals surface area contributed by atoms with Gasteiger partial charge in [-0.25, -0.2) is 8.78 Å². The fourth-order valence-electron chi connectivity index (χ4n) is 1.75. The molecule has 5 heteroatoms. The third-order valence-electron chi connectivity index (χ3n) is 2.98. The van der Waals surface area contributed by atoms with Gasteiger partial charge in [0.25, 0.3) is 0 Å². The number of halogens is 4. The van der Waals surface area contributed by atoms with E-state index in [2.05, 4.69) is 12.2 Å². The van der Waals surface area contributed by atoms with Gasteiger partial charge in [-0.05, 0) is 24.5 Å². The minimum absolute atomic E-state index is 0.389. The first-order valence-electron chi connectivity index (χ1n) is 6.35. The van der Waals surface area contributed by atoms with Crippen molar-refractivity contribution in [3.63, 3.8) is 0 Å². The monoisotopic (exact) mass is 277 g/mol. The zero-order valence-electron chi connectivity index (χ0n) is 11.1. The molecule has 0 amide bonds. The van der Waals surface area contributed by atoms with E-state index in [0.29, 0.717) is 0 Å². The molecular weight excluding hydrogens is 258 g/mol. The van der Waals surface area contributed by atoms with Crippen molar-refractivity contribution in [1.82, 2.24) is 5.32 Å². The van der Waals surface area contributed by atoms with Crippen LogP contribution < -0.4 is 5.32 Å². The summed E-state index contributed by atoms with van der Waals surface area (Å²) in [6.07, 6.45) is -1.64. The van der Waals surface area contributed by atoms with Gasteiger partial charge in [0.2, 0.25) is 0 Å². The van der Waals surface area contributed by atoms with Crippen molar-refractivity contribution in [3.05, 3.63) is 35.4 Å². The van der Waals surface area contributed by atoms with Crippen molar-refractivity contribution < 1.29 is 17.6 Å². The Morgan fingerprint density at radius 1 is 1.16 bits per heavy atom. The van der Waals surface area contributed by atoms with Gasteiger partial charge in [0.15, 0.2) is 0 Å². The standard InChI is InChI=1S/C14H19F4N/c1-3-4-11-5-7-12(8-6-11)10(2)19-9-14(17,18)13(15)16/h5-8,10,13,19H,3-4,9H2,1-2H3. The van der Waals surface area contributed by atoms with E-state index >= 15 is 0 Å². The molecule has 0 spiro atoms. The van der Waals surface area contributed by atoms with Crippen molar-refractivity contribution in [1.29, 1.82) is 0 Å². The van der Waals surface area contributed by atoms with E-state index < -0.39 is 18.9 Å². The molecule has 1 rings (SSSR count). The number of rotatable bonds is 7. The molecule has 0 bridgehead atoms. The molecule has 0 saturated carbocycles. The molecule has 1 nitrogen and oxygen atoms in total. The van der Waals surface area contributed by atoms with Gasteiger partial charge in [0, 0.05) is 6.04 Å². The van der Waals surface area contributed by atoms with E-state index in [-0.39, 0.29) is 6.04 Å². The first kappa shape index (κ1) is 16.0. The topological polar surface area (TPSA) is 12.0 Å². The van der Waals surface area contributed by atoms with Crippen LogP contribution in [0.15, 0.2) is 24.3 Å². The van der Waals surface area contributed by atoms with Crippen molar-refractivity contribution in [3.8, 4) is 0 Å². The van der Waals surface area contributed by atoms with Crippen LogP contribution in [0.4, 0.5) is 17.6 Å². The van der Waals surface area contributed by atoms with Crippen LogP contribution in [0.5, 0.6) is 0 Å². The van der Waals surface area contributed by atoms with E-state index in [4.69, 9.17) is 0 Å². The molecule has 1 unspecified atom stereocenters. The molecule has 0 aliphatic rings. The minimum Gasteiger partial charge on any atom is -0.304 e. The van der Waals surface area contributed by atoms with E-state index in [0.717, 1.165) is 18.4 Å². The molecular formula is C14H19F4N. The highest BCUT2D eigenvalue weighted by Gasteiger charge is 2.40. The number of aryl methyl sites for hydroxylation is 1. The highest BCUT2D eigenvalue weighted by molar-refractivity contribution is 5.24. The van der Waals surface area contributed by atoms with Crippen molar-refractivity contribution >= 4 is 0 Å². The summed E-state index contributed by atoms with van der Waals surface area (Å²) < 4.78 is 49.6. The zero-order valence-corrected chi connectivity index (χ0v) is 11.1. The van der Waals surface area contributed by atoms with Crippen molar-refractivity contribution in [2.45, 2.75) is 45.1 Å². The van der Waals surface area contributed by atoms with Crippen LogP contribution in [0.2, 0.25) is 0 Å². The second kappa shape index (κ2) is 6.89. The first-order chi connectivity index (χ1) is 8.86. The fourth-order valence-corrected chi connectivity index (χ4v) is 1.75. The van der Waals surface area contributed by atoms with E-state index in [1.165, 1.54) is 5.56 Å². The van der Waals surface area contributed by atoms with Crippen LogP contribution in [-0.2, 0) is 6.42 Å². The molecule has 0 aliphatic heterocycles. The summed E-state index contributed by atoms with van der Waals surface area (Å²) in [5.74, 6) is -3.99. The lowest BCUT2D eigenvalue weighted by molar-refractivity contribution is -0.126. The maximum Gasteiger partial charge on any atom is 0.319 e. The summed E-state index contributed by atoms with van der Waals surface area (Å²) in [5.41, 5.74) is 1.99. The Morgan fingerprint density at radius 2 is 1.74 bits per heavy atom. The zero-order chi connectivity index (χ0) is 14.5. The summed E-state index contributed by atoms with van der Waals surface area (Å²) >= 11 is 0. The molecule has 0 saturated heterocycles. The predicted molar refractivity (Wildman–Crippen MR) is 67.8 cm³/mol. The Bertz CT molecular complexity index is 376. The summed E-state index contributed by atoms with van der Waals surface area (Å²) in [4.78, 5) is 0. The Morgan fingerprint density at radius 3 is 2.21 bits per heavy atom. The lowest BCUT2D eigenvalue weighted by Crippen LogP contribution is -2.39. The molecule has 0 radical (unpaired) electrons. The van der Waals surface area contributed by atoms with Gasteiger partial charge in [-0.1, -0.05) is 37.6 Å². The van der Waals surface area contributed by atoms with Gasteiger partial charge in [-0.3, -0.25) is 0 Å². The van der Waals surface area contributed by atoms with Gasteiger partial charge >= 0.3 is 12.3 Å². The molecule has 1 atom stereocenters. The maximum atomic E-state index is 12.8. The molecule has 108 valence electrons. The maximum absolute atomic E-state index is 12.8. The molecule has 0 heterocycles. The molecule has 0 aliphatic carbocycles. The summed E-state index contributed by atoms with van der Waals surface area (Å²) in [5, 5.41) is 2.44. The van der Waals surface area contributed by atoms with Crippen molar-refractivity contribution in [2.24, 2.45) is 0 Å². The normalized spacial score (nSPS) is 13.8. The quantitative estimate of drug-likeness (QED) is 0.737. The minimum atomic E-state index is -3.99. The highest BCUT2D eigenvalue weighted by atomic mass is 19.3. The third-order valence-corrected chi connectivity index (χ3v) is 2.98. The molecule has 1 N–H and O–H groups in total. The smallest absolute Gasteiger partial charge is 0.304 e. The van der Waals surface area contributed by atoms with E-state index in [1.807, 2.05) is 24.3 Å². The number of nitrogens with one attached hydrogen (secondary N) is 1. The highest BCUT2D eigenvalue weighted by Crippen LogP contribution is 2.23. The molecule has 1 aromatic rings. The third kappa shape index (κ3) is 4.82. The Kier molecular flexibility index (Phi) is 5.79. The van der Waals surface area contributed by atoms with Gasteiger partial charge in [0.1, 0.15) is 0 Å². The Hall–Kier alpha value is -1.10. The molecule has 0 fully saturated rings. The molecule has 19 heavy (non-hydrogen) atoms. The molecule has 1 aromatic carbocycles. The van der Waals surface area contributed by atoms with Crippen LogP contribution >= 0.6 is 0 Å². The van der Waals surface area contributed by atoms with Gasteiger partial charge < -0.3 is 5.32 Å². The number of alkyl halides is 4. The SMILES string of the molecule is CCCc1ccc(C(C)NCC(F)(F)C(F)F)cc1. The van der Waals surface area contributed by atoms with Crippen LogP contribution in [0, 0.1) is 0 Å². The van der Waals surface area contributed by atoms with Gasteiger partial charge in [0.05, 0.1) is 6.54 Å². The van der Waals surface area contributed by atoms with Crippen LogP contribution in [0.1, 0.15) is 37.4 Å². The average Bonchev–Trinajstić information content (AvgIpc) is 2.37. The number of hydrogen-bond donors (Lipinski definition) is 1. The largest absolute Gasteiger partial charge is 0.319 e. The lowest BCUT2D eigenvalue weighted by atomic mass is 10.0. The Labute approximate surface area is 111 Å². The Balaban J connectivity index is 2.56. The van der Waals surface area contributed by atoms with Crippen LogP contribution in [0.25, 0.3) is 0 Å². The predicted octanol–water partition coefficient (Wildman–Crippen LogP) is 4.19. The number of hydrogen-bond acceptors (Lipinski definition) is 1. The number of benzene rings is 1. The van der Waals surface area contributed by atoms with Crippen molar-refractivity contribution in [2.75, 3.05) is 6.54 Å². The second-order valence-electron chi connectivity index (χ2n) is 4.66. The van der Waals surface area contributed by atoms with Gasteiger partial charge in [-0.2, -0.15) is 8.78 Å². The summed E-state index contributed by atoms with van der Waals surface area (Å²) in [6.45, 7) is 2.73. The van der Waals surface area contributed by atoms with Crippen LogP contribution in [0.3, 0.4) is 0 Å².